The molecule has 2 aromatic carbocycles. The van der Waals surface area contributed by atoms with Crippen molar-refractivity contribution in [2.24, 2.45) is 5.10 Å². The van der Waals surface area contributed by atoms with E-state index in [4.69, 9.17) is 20.8 Å². The van der Waals surface area contributed by atoms with Gasteiger partial charge in [-0.3, -0.25) is 9.59 Å². The third kappa shape index (κ3) is 6.22. The summed E-state index contributed by atoms with van der Waals surface area (Å²) in [6, 6.07) is 17.9. The summed E-state index contributed by atoms with van der Waals surface area (Å²) in [4.78, 5) is 23.6. The van der Waals surface area contributed by atoms with E-state index in [1.54, 1.807) is 30.3 Å². The van der Waals surface area contributed by atoms with E-state index in [-0.39, 0.29) is 6.54 Å². The Morgan fingerprint density at radius 3 is 2.72 bits per heavy atom. The second-order valence-electron chi connectivity index (χ2n) is 5.92. The molecule has 3 rings (SSSR count). The monoisotopic (exact) mass is 411 g/mol. The summed E-state index contributed by atoms with van der Waals surface area (Å²) in [7, 11) is 0. The Balaban J connectivity index is 1.53. The van der Waals surface area contributed by atoms with Crippen LogP contribution in [0.25, 0.3) is 0 Å². The molecular formula is C21H18ClN3O4. The Bertz CT molecular complexity index is 1000. The van der Waals surface area contributed by atoms with Crippen LogP contribution >= 0.6 is 11.6 Å². The normalized spacial score (nSPS) is 10.7. The number of hydrogen-bond acceptors (Lipinski definition) is 5. The zero-order valence-electron chi connectivity index (χ0n) is 15.3. The topological polar surface area (TPSA) is 92.9 Å². The minimum atomic E-state index is -0.884. The van der Waals surface area contributed by atoms with E-state index >= 15 is 0 Å². The molecule has 0 fully saturated rings. The second kappa shape index (κ2) is 10.1. The number of hydrazone groups is 1. The molecule has 8 heteroatoms. The zero-order chi connectivity index (χ0) is 20.5. The third-order valence-electron chi connectivity index (χ3n) is 3.78. The summed E-state index contributed by atoms with van der Waals surface area (Å²) in [6.07, 6.45) is 2.89. The number of benzene rings is 2. The van der Waals surface area contributed by atoms with Crippen LogP contribution in [0.2, 0.25) is 5.02 Å². The Labute approximate surface area is 172 Å². The van der Waals surface area contributed by atoms with Crippen molar-refractivity contribution >= 4 is 29.6 Å². The maximum absolute atomic E-state index is 11.8. The molecule has 3 aromatic rings. The lowest BCUT2D eigenvalue weighted by molar-refractivity contribution is -0.139. The molecule has 0 saturated heterocycles. The molecule has 2 amide bonds. The number of halogens is 1. The first-order chi connectivity index (χ1) is 14.1. The molecule has 7 nitrogen and oxygen atoms in total. The van der Waals surface area contributed by atoms with Crippen LogP contribution in [0, 0.1) is 0 Å². The van der Waals surface area contributed by atoms with Crippen LogP contribution in [0.4, 0.5) is 0 Å². The van der Waals surface area contributed by atoms with Crippen LogP contribution in [-0.2, 0) is 22.7 Å². The lowest BCUT2D eigenvalue weighted by atomic mass is 10.2. The van der Waals surface area contributed by atoms with E-state index in [0.29, 0.717) is 28.7 Å². The number of rotatable bonds is 7. The highest BCUT2D eigenvalue weighted by molar-refractivity contribution is 6.35. The van der Waals surface area contributed by atoms with E-state index in [1.807, 2.05) is 30.3 Å². The molecule has 0 aliphatic heterocycles. The second-order valence-corrected chi connectivity index (χ2v) is 6.35. The predicted octanol–water partition coefficient (Wildman–Crippen LogP) is 3.28. The lowest BCUT2D eigenvalue weighted by Crippen LogP contribution is -2.37. The van der Waals surface area contributed by atoms with Gasteiger partial charge in [0, 0.05) is 10.6 Å². The van der Waals surface area contributed by atoms with Gasteiger partial charge in [-0.2, -0.15) is 5.10 Å². The van der Waals surface area contributed by atoms with Gasteiger partial charge in [0.15, 0.2) is 0 Å². The van der Waals surface area contributed by atoms with Gasteiger partial charge in [-0.25, -0.2) is 5.43 Å². The van der Waals surface area contributed by atoms with E-state index in [1.165, 1.54) is 12.5 Å². The number of ether oxygens (including phenoxy) is 1. The maximum atomic E-state index is 11.8. The standard InChI is InChI=1S/C21H18ClN3O4/c22-17-7-3-5-15(11-17)14-29-19-9-2-1-6-16(19)12-24-25-21(27)20(26)23-13-18-8-4-10-28-18/h1-12H,13-14H2,(H,23,26)(H,25,27)/b24-12-. The van der Waals surface area contributed by atoms with Crippen LogP contribution < -0.4 is 15.5 Å². The highest BCUT2D eigenvalue weighted by atomic mass is 35.5. The molecule has 0 bridgehead atoms. The predicted molar refractivity (Wildman–Crippen MR) is 109 cm³/mol. The van der Waals surface area contributed by atoms with E-state index < -0.39 is 11.8 Å². The quantitative estimate of drug-likeness (QED) is 0.354. The minimum absolute atomic E-state index is 0.114. The van der Waals surface area contributed by atoms with Crippen molar-refractivity contribution in [3.05, 3.63) is 88.8 Å². The molecular weight excluding hydrogens is 394 g/mol. The molecule has 0 unspecified atom stereocenters. The van der Waals surface area contributed by atoms with Crippen LogP contribution in [-0.4, -0.2) is 18.0 Å². The summed E-state index contributed by atoms with van der Waals surface area (Å²) in [5.74, 6) is -0.581. The largest absolute Gasteiger partial charge is 0.488 e. The van der Waals surface area contributed by atoms with Crippen LogP contribution in [0.3, 0.4) is 0 Å². The van der Waals surface area contributed by atoms with Crippen molar-refractivity contribution in [3.63, 3.8) is 0 Å². The van der Waals surface area contributed by atoms with Crippen molar-refractivity contribution in [3.8, 4) is 5.75 Å². The Hall–Kier alpha value is -3.58. The zero-order valence-corrected chi connectivity index (χ0v) is 16.1. The fraction of sp³-hybridized carbons (Fsp3) is 0.0952. The van der Waals surface area contributed by atoms with Crippen LogP contribution in [0.1, 0.15) is 16.9 Å². The summed E-state index contributed by atoms with van der Waals surface area (Å²) in [5, 5.41) is 6.89. The summed E-state index contributed by atoms with van der Waals surface area (Å²) in [6.45, 7) is 0.441. The van der Waals surface area contributed by atoms with Gasteiger partial charge in [-0.15, -0.1) is 0 Å². The van der Waals surface area contributed by atoms with E-state index in [9.17, 15) is 9.59 Å². The maximum Gasteiger partial charge on any atom is 0.329 e. The summed E-state index contributed by atoms with van der Waals surface area (Å²) >= 11 is 5.98. The van der Waals surface area contributed by atoms with Gasteiger partial charge in [0.25, 0.3) is 0 Å². The van der Waals surface area contributed by atoms with Gasteiger partial charge in [0.05, 0.1) is 19.0 Å². The SMILES string of the molecule is O=C(NCc1ccco1)C(=O)N/N=C\c1ccccc1OCc1cccc(Cl)c1. The van der Waals surface area contributed by atoms with Crippen molar-refractivity contribution < 1.29 is 18.7 Å². The summed E-state index contributed by atoms with van der Waals surface area (Å²) in [5.41, 5.74) is 3.75. The Kier molecular flexibility index (Phi) is 7.02. The molecule has 0 atom stereocenters. The molecule has 2 N–H and O–H groups in total. The minimum Gasteiger partial charge on any atom is -0.488 e. The van der Waals surface area contributed by atoms with Crippen LogP contribution in [0.15, 0.2) is 76.4 Å². The number of nitrogens with one attached hydrogen (secondary N) is 2. The van der Waals surface area contributed by atoms with Gasteiger partial charge < -0.3 is 14.5 Å². The first kappa shape index (κ1) is 20.2. The Morgan fingerprint density at radius 1 is 1.07 bits per heavy atom. The fourth-order valence-electron chi connectivity index (χ4n) is 2.38. The van der Waals surface area contributed by atoms with E-state index in [2.05, 4.69) is 15.8 Å². The lowest BCUT2D eigenvalue weighted by Gasteiger charge is -2.09. The molecule has 0 saturated carbocycles. The third-order valence-corrected chi connectivity index (χ3v) is 4.02. The summed E-state index contributed by atoms with van der Waals surface area (Å²) < 4.78 is 10.9. The van der Waals surface area contributed by atoms with Gasteiger partial charge >= 0.3 is 11.8 Å². The van der Waals surface area contributed by atoms with Gasteiger partial charge in [0.1, 0.15) is 18.1 Å². The van der Waals surface area contributed by atoms with Gasteiger partial charge in [0.2, 0.25) is 0 Å². The molecule has 148 valence electrons. The number of hydrogen-bond donors (Lipinski definition) is 2. The number of carbonyl (C=O) groups excluding carboxylic acids is 2. The Morgan fingerprint density at radius 2 is 1.93 bits per heavy atom. The molecule has 0 aliphatic rings. The highest BCUT2D eigenvalue weighted by Crippen LogP contribution is 2.18. The molecule has 0 spiro atoms. The van der Waals surface area contributed by atoms with Crippen molar-refractivity contribution in [1.29, 1.82) is 0 Å². The molecule has 29 heavy (non-hydrogen) atoms. The first-order valence-electron chi connectivity index (χ1n) is 8.72. The number of furan rings is 1. The molecule has 0 radical (unpaired) electrons. The van der Waals surface area contributed by atoms with E-state index in [0.717, 1.165) is 5.56 Å². The average molecular weight is 412 g/mol. The number of para-hydroxylation sites is 1. The number of carbonyl (C=O) groups is 2. The molecule has 0 aliphatic carbocycles. The highest BCUT2D eigenvalue weighted by Gasteiger charge is 2.12. The fourth-order valence-corrected chi connectivity index (χ4v) is 2.59. The van der Waals surface area contributed by atoms with Crippen molar-refractivity contribution in [2.45, 2.75) is 13.2 Å². The van der Waals surface area contributed by atoms with Gasteiger partial charge in [-0.05, 0) is 42.0 Å². The molecule has 1 heterocycles. The van der Waals surface area contributed by atoms with Gasteiger partial charge in [-0.1, -0.05) is 35.9 Å². The number of nitrogens with zero attached hydrogens (tertiary/aromatic N) is 1. The average Bonchev–Trinajstić information content (AvgIpc) is 3.25. The van der Waals surface area contributed by atoms with Crippen molar-refractivity contribution in [1.82, 2.24) is 10.7 Å². The number of amides is 2. The first-order valence-corrected chi connectivity index (χ1v) is 9.09. The smallest absolute Gasteiger partial charge is 0.329 e. The molecule has 1 aromatic heterocycles. The van der Waals surface area contributed by atoms with Crippen molar-refractivity contribution in [2.75, 3.05) is 0 Å². The van der Waals surface area contributed by atoms with Crippen LogP contribution in [0.5, 0.6) is 5.75 Å².